The predicted octanol–water partition coefficient (Wildman–Crippen LogP) is 2.99. The van der Waals surface area contributed by atoms with Crippen molar-refractivity contribution in [3.05, 3.63) is 29.3 Å². The van der Waals surface area contributed by atoms with E-state index in [1.165, 1.54) is 0 Å². The molecule has 1 aromatic rings. The van der Waals surface area contributed by atoms with Crippen LogP contribution in [-0.4, -0.2) is 43.2 Å². The molecular weight excluding hydrogens is 278 g/mol. The number of ether oxygens (including phenoxy) is 2. The number of para-hydroxylation sites is 1. The number of hydrogen-bond donors (Lipinski definition) is 0. The zero-order valence-electron chi connectivity index (χ0n) is 12.5. The van der Waals surface area contributed by atoms with E-state index in [4.69, 9.17) is 21.1 Å². The standard InChI is InChI=1S/C15H22ClNO3/c1-15(2,3)20-11-14(18)17(4)9-10-19-13-8-6-5-7-12(13)16/h5-8H,9-11H2,1-4H3. The molecule has 0 aliphatic heterocycles. The fourth-order valence-corrected chi connectivity index (χ4v) is 1.56. The zero-order chi connectivity index (χ0) is 15.2. The van der Waals surface area contributed by atoms with Gasteiger partial charge in [-0.2, -0.15) is 0 Å². The Hall–Kier alpha value is -1.26. The van der Waals surface area contributed by atoms with Gasteiger partial charge in [0.1, 0.15) is 19.0 Å². The third kappa shape index (κ3) is 6.26. The molecule has 112 valence electrons. The smallest absolute Gasteiger partial charge is 0.248 e. The molecule has 0 radical (unpaired) electrons. The minimum absolute atomic E-state index is 0.0670. The van der Waals surface area contributed by atoms with Gasteiger partial charge < -0.3 is 14.4 Å². The Morgan fingerprint density at radius 2 is 1.95 bits per heavy atom. The first-order chi connectivity index (χ1) is 9.29. The number of carbonyl (C=O) groups is 1. The molecular formula is C15H22ClNO3. The molecule has 1 amide bonds. The summed E-state index contributed by atoms with van der Waals surface area (Å²) in [4.78, 5) is 13.4. The molecule has 0 aliphatic rings. The van der Waals surface area contributed by atoms with Crippen LogP contribution in [0, 0.1) is 0 Å². The Balaban J connectivity index is 2.31. The Kier molecular flexibility index (Phi) is 6.30. The average Bonchev–Trinajstić information content (AvgIpc) is 2.37. The van der Waals surface area contributed by atoms with E-state index in [0.29, 0.717) is 23.9 Å². The Morgan fingerprint density at radius 3 is 2.55 bits per heavy atom. The predicted molar refractivity (Wildman–Crippen MR) is 80.3 cm³/mol. The normalized spacial score (nSPS) is 11.2. The van der Waals surface area contributed by atoms with Crippen LogP contribution in [0.3, 0.4) is 0 Å². The molecule has 20 heavy (non-hydrogen) atoms. The van der Waals surface area contributed by atoms with Crippen LogP contribution < -0.4 is 4.74 Å². The monoisotopic (exact) mass is 299 g/mol. The molecule has 0 aromatic heterocycles. The maximum Gasteiger partial charge on any atom is 0.248 e. The van der Waals surface area contributed by atoms with Crippen LogP contribution in [-0.2, 0) is 9.53 Å². The highest BCUT2D eigenvalue weighted by molar-refractivity contribution is 6.32. The topological polar surface area (TPSA) is 38.8 Å². The van der Waals surface area contributed by atoms with Crippen LogP contribution in [0.15, 0.2) is 24.3 Å². The highest BCUT2D eigenvalue weighted by atomic mass is 35.5. The van der Waals surface area contributed by atoms with Crippen LogP contribution in [0.2, 0.25) is 5.02 Å². The molecule has 0 atom stereocenters. The van der Waals surface area contributed by atoms with Gasteiger partial charge in [-0.15, -0.1) is 0 Å². The average molecular weight is 300 g/mol. The Labute approximate surface area is 125 Å². The van der Waals surface area contributed by atoms with Crippen molar-refractivity contribution in [1.82, 2.24) is 4.90 Å². The van der Waals surface area contributed by atoms with Crippen LogP contribution in [0.25, 0.3) is 0 Å². The second kappa shape index (κ2) is 7.50. The summed E-state index contributed by atoms with van der Waals surface area (Å²) in [6.45, 7) is 6.70. The highest BCUT2D eigenvalue weighted by Gasteiger charge is 2.15. The molecule has 0 fully saturated rings. The molecule has 1 aromatic carbocycles. The van der Waals surface area contributed by atoms with Gasteiger partial charge in [-0.05, 0) is 32.9 Å². The maximum atomic E-state index is 11.8. The van der Waals surface area contributed by atoms with Crippen molar-refractivity contribution in [2.45, 2.75) is 26.4 Å². The van der Waals surface area contributed by atoms with Crippen molar-refractivity contribution in [3.8, 4) is 5.75 Å². The molecule has 0 heterocycles. The van der Waals surface area contributed by atoms with E-state index in [1.54, 1.807) is 24.1 Å². The number of halogens is 1. The minimum atomic E-state index is -0.315. The Morgan fingerprint density at radius 1 is 1.30 bits per heavy atom. The molecule has 4 nitrogen and oxygen atoms in total. The number of amides is 1. The first-order valence-electron chi connectivity index (χ1n) is 6.55. The summed E-state index contributed by atoms with van der Waals surface area (Å²) in [7, 11) is 1.73. The van der Waals surface area contributed by atoms with Crippen LogP contribution in [0.4, 0.5) is 0 Å². The molecule has 5 heteroatoms. The number of benzene rings is 1. The van der Waals surface area contributed by atoms with Crippen molar-refractivity contribution >= 4 is 17.5 Å². The van der Waals surface area contributed by atoms with Gasteiger partial charge in [-0.3, -0.25) is 4.79 Å². The molecule has 0 saturated carbocycles. The zero-order valence-corrected chi connectivity index (χ0v) is 13.2. The lowest BCUT2D eigenvalue weighted by Gasteiger charge is -2.22. The summed E-state index contributed by atoms with van der Waals surface area (Å²) in [6, 6.07) is 7.26. The van der Waals surface area contributed by atoms with E-state index in [2.05, 4.69) is 0 Å². The van der Waals surface area contributed by atoms with E-state index in [9.17, 15) is 4.79 Å². The lowest BCUT2D eigenvalue weighted by atomic mass is 10.2. The van der Waals surface area contributed by atoms with E-state index in [0.717, 1.165) is 0 Å². The lowest BCUT2D eigenvalue weighted by molar-refractivity contribution is -0.140. The molecule has 0 bridgehead atoms. The first kappa shape index (κ1) is 16.8. The van der Waals surface area contributed by atoms with Crippen molar-refractivity contribution in [3.63, 3.8) is 0 Å². The van der Waals surface area contributed by atoms with Crippen molar-refractivity contribution < 1.29 is 14.3 Å². The van der Waals surface area contributed by atoms with Gasteiger partial charge in [0.2, 0.25) is 5.91 Å². The van der Waals surface area contributed by atoms with Gasteiger partial charge in [0.05, 0.1) is 17.2 Å². The number of rotatable bonds is 6. The number of carbonyl (C=O) groups excluding carboxylic acids is 1. The Bertz CT molecular complexity index is 443. The van der Waals surface area contributed by atoms with Crippen molar-refractivity contribution in [1.29, 1.82) is 0 Å². The first-order valence-corrected chi connectivity index (χ1v) is 6.92. The summed E-state index contributed by atoms with van der Waals surface area (Å²) >= 11 is 5.98. The second-order valence-corrected chi connectivity index (χ2v) is 5.90. The largest absolute Gasteiger partial charge is 0.490 e. The molecule has 0 spiro atoms. The second-order valence-electron chi connectivity index (χ2n) is 5.50. The van der Waals surface area contributed by atoms with Crippen LogP contribution in [0.1, 0.15) is 20.8 Å². The molecule has 0 unspecified atom stereocenters. The third-order valence-corrected chi connectivity index (χ3v) is 2.89. The molecule has 0 N–H and O–H groups in total. The van der Waals surface area contributed by atoms with Gasteiger partial charge >= 0.3 is 0 Å². The van der Waals surface area contributed by atoms with Gasteiger partial charge in [-0.25, -0.2) is 0 Å². The van der Waals surface area contributed by atoms with Crippen LogP contribution in [0.5, 0.6) is 5.75 Å². The van der Waals surface area contributed by atoms with Crippen molar-refractivity contribution in [2.75, 3.05) is 26.8 Å². The summed E-state index contributed by atoms with van der Waals surface area (Å²) in [6.07, 6.45) is 0. The fraction of sp³-hybridized carbons (Fsp3) is 0.533. The minimum Gasteiger partial charge on any atom is -0.490 e. The van der Waals surface area contributed by atoms with E-state index in [1.807, 2.05) is 32.9 Å². The summed E-state index contributed by atoms with van der Waals surface area (Å²) in [5.74, 6) is 0.559. The van der Waals surface area contributed by atoms with E-state index < -0.39 is 0 Å². The van der Waals surface area contributed by atoms with E-state index >= 15 is 0 Å². The molecule has 1 rings (SSSR count). The molecule has 0 aliphatic carbocycles. The number of hydrogen-bond acceptors (Lipinski definition) is 3. The van der Waals surface area contributed by atoms with E-state index in [-0.39, 0.29) is 18.1 Å². The van der Waals surface area contributed by atoms with Gasteiger partial charge in [0, 0.05) is 7.05 Å². The van der Waals surface area contributed by atoms with Crippen molar-refractivity contribution in [2.24, 2.45) is 0 Å². The van der Waals surface area contributed by atoms with Crippen LogP contribution >= 0.6 is 11.6 Å². The number of likely N-dealkylation sites (N-methyl/N-ethyl adjacent to an activating group) is 1. The summed E-state index contributed by atoms with van der Waals surface area (Å²) < 4.78 is 11.0. The summed E-state index contributed by atoms with van der Waals surface area (Å²) in [5, 5.41) is 0.567. The molecule has 0 saturated heterocycles. The van der Waals surface area contributed by atoms with Gasteiger partial charge in [0.25, 0.3) is 0 Å². The summed E-state index contributed by atoms with van der Waals surface area (Å²) in [5.41, 5.74) is -0.315. The fourth-order valence-electron chi connectivity index (χ4n) is 1.37. The van der Waals surface area contributed by atoms with Gasteiger partial charge in [-0.1, -0.05) is 23.7 Å². The quantitative estimate of drug-likeness (QED) is 0.810. The van der Waals surface area contributed by atoms with Gasteiger partial charge in [0.15, 0.2) is 0 Å². The maximum absolute atomic E-state index is 11.8. The third-order valence-electron chi connectivity index (χ3n) is 2.58. The lowest BCUT2D eigenvalue weighted by Crippen LogP contribution is -2.36. The SMILES string of the molecule is CN(CCOc1ccccc1Cl)C(=O)COC(C)(C)C. The number of nitrogens with zero attached hydrogens (tertiary/aromatic N) is 1. The highest BCUT2D eigenvalue weighted by Crippen LogP contribution is 2.22.